The van der Waals surface area contributed by atoms with E-state index in [1.54, 1.807) is 0 Å². The van der Waals surface area contributed by atoms with Gasteiger partial charge in [0.15, 0.2) is 0 Å². The molecule has 0 amide bonds. The van der Waals surface area contributed by atoms with Gasteiger partial charge in [0.1, 0.15) is 0 Å². The quantitative estimate of drug-likeness (QED) is 0.394. The van der Waals surface area contributed by atoms with Gasteiger partial charge in [-0.1, -0.05) is 0 Å². The van der Waals surface area contributed by atoms with Crippen molar-refractivity contribution in [1.82, 2.24) is 0 Å². The number of carbonyl (C=O) groups excluding carboxylic acids is 1. The van der Waals surface area contributed by atoms with Crippen molar-refractivity contribution in [2.75, 3.05) is 40.0 Å². The van der Waals surface area contributed by atoms with Crippen LogP contribution < -0.4 is 24.8 Å². The van der Waals surface area contributed by atoms with Crippen LogP contribution >= 0.6 is 11.0 Å². The molecule has 0 aliphatic rings. The fraction of sp³-hybridized carbons (Fsp3) is 0.857. The minimum atomic E-state index is -0.606. The summed E-state index contributed by atoms with van der Waals surface area (Å²) < 4.78 is 0. The van der Waals surface area contributed by atoms with Gasteiger partial charge >= 0.3 is 67.7 Å². The second kappa shape index (κ2) is 10.3. The fourth-order valence-corrected chi connectivity index (χ4v) is 55.3. The molecule has 0 bridgehead atoms. The molecule has 0 heterocycles. The van der Waals surface area contributed by atoms with Crippen LogP contribution in [-0.2, 0) is 21.5 Å². The summed E-state index contributed by atoms with van der Waals surface area (Å²) in [5, 5.41) is 0. The molecule has 0 N–H and O–H groups in total. The van der Waals surface area contributed by atoms with E-state index >= 15 is 0 Å². The van der Waals surface area contributed by atoms with Crippen LogP contribution in [0.15, 0.2) is 0 Å². The van der Waals surface area contributed by atoms with Crippen molar-refractivity contribution in [3.8, 4) is 0 Å². The third kappa shape index (κ3) is 31.6. The van der Waals surface area contributed by atoms with Crippen molar-refractivity contribution < 1.29 is 46.3 Å². The first-order valence-corrected chi connectivity index (χ1v) is 17.4. The molecule has 0 unspecified atom stereocenters. The fourth-order valence-electron chi connectivity index (χ4n) is 0.750. The summed E-state index contributed by atoms with van der Waals surface area (Å²) in [6.07, 6.45) is 0. The molecular weight excluding hydrogens is 425 g/mol. The van der Waals surface area contributed by atoms with E-state index in [1.165, 1.54) is 0 Å². The van der Waals surface area contributed by atoms with E-state index in [0.717, 1.165) is 0 Å². The van der Waals surface area contributed by atoms with E-state index in [0.29, 0.717) is 16.7 Å². The maximum atomic E-state index is 7.50. The van der Waals surface area contributed by atoms with Crippen LogP contribution in [0.1, 0.15) is 0 Å². The molecule has 0 saturated carbocycles. The number of hydrogen-bond donors (Lipinski definition) is 0. The SMILES string of the molecule is C[PH](C)(C)[Ir+2][PH](C)(C)C.[C]=O.[Cl-].[Cl-]. The average Bonchev–Trinajstić information content (AvgIpc) is 1.60. The van der Waals surface area contributed by atoms with E-state index in [1.807, 2.05) is 0 Å². The zero-order valence-corrected chi connectivity index (χ0v) is 14.9. The molecule has 0 atom stereocenters. The van der Waals surface area contributed by atoms with Gasteiger partial charge in [0.05, 0.1) is 0 Å². The Labute approximate surface area is 104 Å². The Morgan fingerprint density at radius 1 is 0.769 bits per heavy atom. The minimum Gasteiger partial charge on any atom is -1.00 e. The Bertz CT molecular complexity index is 100. The molecule has 0 aromatic heterocycles. The summed E-state index contributed by atoms with van der Waals surface area (Å²) in [7, 11) is 0. The van der Waals surface area contributed by atoms with E-state index in [-0.39, 0.29) is 24.8 Å². The molecular formula is C7H20Cl2IrOP2. The number of rotatable bonds is 2. The predicted molar refractivity (Wildman–Crippen MR) is 57.9 cm³/mol. The van der Waals surface area contributed by atoms with Crippen molar-refractivity contribution in [2.24, 2.45) is 0 Å². The van der Waals surface area contributed by atoms with Crippen LogP contribution in [-0.4, -0.2) is 46.8 Å². The topological polar surface area (TPSA) is 17.1 Å². The largest absolute Gasteiger partial charge is 1.00 e. The molecule has 0 fully saturated rings. The number of halogens is 2. The van der Waals surface area contributed by atoms with Gasteiger partial charge in [-0.25, -0.2) is 0 Å². The van der Waals surface area contributed by atoms with Crippen LogP contribution in [0.3, 0.4) is 0 Å². The van der Waals surface area contributed by atoms with Gasteiger partial charge in [0.2, 0.25) is 0 Å². The first-order valence-electron chi connectivity index (χ1n) is 3.54. The molecule has 0 saturated heterocycles. The standard InChI is InChI=1S/2C3H9P.CO.2ClH.Ir/c2*1-4(2)3;1-2;;;/h2*1-3H3;;2*1H;. The maximum Gasteiger partial charge on any atom is 0.281 e. The van der Waals surface area contributed by atoms with Gasteiger partial charge in [-0.05, 0) is 0 Å². The summed E-state index contributed by atoms with van der Waals surface area (Å²) in [6.45, 7) is 19.6. The second-order valence-corrected chi connectivity index (χ2v) is 39.7. The monoisotopic (exact) mass is 445 g/mol. The first-order chi connectivity index (χ1) is 4.71. The molecule has 0 aromatic rings. The van der Waals surface area contributed by atoms with E-state index < -0.39 is 11.0 Å². The third-order valence-electron chi connectivity index (χ3n) is 0.500. The summed E-state index contributed by atoms with van der Waals surface area (Å²) in [4.78, 5) is 7.50. The third-order valence-corrected chi connectivity index (χ3v) is 36.8. The minimum absolute atomic E-state index is 0. The molecule has 6 heteroatoms. The van der Waals surface area contributed by atoms with Crippen LogP contribution in [0.25, 0.3) is 0 Å². The first kappa shape index (κ1) is 24.1. The summed E-state index contributed by atoms with van der Waals surface area (Å²) in [5.74, 6) is 0. The van der Waals surface area contributed by atoms with Gasteiger partial charge in [-0.15, -0.1) is 0 Å². The van der Waals surface area contributed by atoms with Crippen LogP contribution in [0.4, 0.5) is 0 Å². The smallest absolute Gasteiger partial charge is 0.281 e. The van der Waals surface area contributed by atoms with Crippen molar-refractivity contribution >= 4 is 17.8 Å². The Balaban J connectivity index is -0.0000000941. The molecule has 0 aliphatic carbocycles. The van der Waals surface area contributed by atoms with Gasteiger partial charge < -0.3 is 24.8 Å². The van der Waals surface area contributed by atoms with Crippen molar-refractivity contribution in [2.45, 2.75) is 0 Å². The van der Waals surface area contributed by atoms with Crippen molar-refractivity contribution in [3.63, 3.8) is 0 Å². The van der Waals surface area contributed by atoms with Gasteiger partial charge in [0.25, 0.3) is 6.79 Å². The zero-order valence-electron chi connectivity index (χ0n) is 9.00. The predicted octanol–water partition coefficient (Wildman–Crippen LogP) is -4.21. The maximum absolute atomic E-state index is 7.50. The van der Waals surface area contributed by atoms with E-state index in [9.17, 15) is 0 Å². The molecule has 13 heavy (non-hydrogen) atoms. The van der Waals surface area contributed by atoms with Gasteiger partial charge in [-0.3, -0.25) is 4.79 Å². The molecule has 0 aliphatic heterocycles. The Morgan fingerprint density at radius 2 is 0.923 bits per heavy atom. The molecule has 0 rings (SSSR count). The summed E-state index contributed by atoms with van der Waals surface area (Å²) in [6, 6.07) is 0. The van der Waals surface area contributed by atoms with E-state index in [2.05, 4.69) is 46.8 Å². The summed E-state index contributed by atoms with van der Waals surface area (Å²) >= 11 is 0.486. The summed E-state index contributed by atoms with van der Waals surface area (Å²) in [5.41, 5.74) is -1.21. The molecule has 87 valence electrons. The average molecular weight is 445 g/mol. The Kier molecular flexibility index (Phi) is 19.1. The molecule has 0 aromatic carbocycles. The number of hydrogen-bond acceptors (Lipinski definition) is 1. The Morgan fingerprint density at radius 3 is 0.923 bits per heavy atom. The normalized spacial score (nSPS) is 12.5. The zero-order chi connectivity index (χ0) is 9.71. The van der Waals surface area contributed by atoms with Crippen molar-refractivity contribution in [3.05, 3.63) is 0 Å². The van der Waals surface area contributed by atoms with Gasteiger partial charge in [-0.2, -0.15) is 0 Å². The molecule has 0 spiro atoms. The second-order valence-electron chi connectivity index (χ2n) is 4.08. The molecule has 1 nitrogen and oxygen atoms in total. The van der Waals surface area contributed by atoms with Gasteiger partial charge in [0, 0.05) is 0 Å². The van der Waals surface area contributed by atoms with Crippen LogP contribution in [0.5, 0.6) is 0 Å². The van der Waals surface area contributed by atoms with Crippen LogP contribution in [0.2, 0.25) is 0 Å². The van der Waals surface area contributed by atoms with Crippen molar-refractivity contribution in [1.29, 1.82) is 0 Å². The molecule has 2 radical (unpaired) electrons. The Hall–Kier alpha value is 1.76. The van der Waals surface area contributed by atoms with E-state index in [4.69, 9.17) is 4.79 Å². The van der Waals surface area contributed by atoms with Crippen LogP contribution in [0, 0.1) is 0 Å².